The van der Waals surface area contributed by atoms with Gasteiger partial charge >= 0.3 is 0 Å². The van der Waals surface area contributed by atoms with Crippen molar-refractivity contribution in [1.29, 1.82) is 0 Å². The van der Waals surface area contributed by atoms with Gasteiger partial charge in [0, 0.05) is 18.7 Å². The van der Waals surface area contributed by atoms with E-state index in [0.29, 0.717) is 5.82 Å². The highest BCUT2D eigenvalue weighted by Crippen LogP contribution is 2.14. The number of nitrogens with zero attached hydrogens (tertiary/aromatic N) is 3. The van der Waals surface area contributed by atoms with Gasteiger partial charge in [0.1, 0.15) is 18.0 Å². The minimum absolute atomic E-state index is 0.542. The molecule has 0 aliphatic carbocycles. The minimum atomic E-state index is 0.542. The molecule has 0 bridgehead atoms. The summed E-state index contributed by atoms with van der Waals surface area (Å²) in [5.74, 6) is 1.37. The van der Waals surface area contributed by atoms with Gasteiger partial charge < -0.3 is 16.0 Å². The molecule has 0 radical (unpaired) electrons. The highest BCUT2D eigenvalue weighted by molar-refractivity contribution is 5.53. The Morgan fingerprint density at radius 2 is 2.00 bits per heavy atom. The molecule has 0 unspecified atom stereocenters. The lowest BCUT2D eigenvalue weighted by atomic mass is 10.3. The standard InChI is InChI=1S/C11H21N5/c1-4-16(5-2)7-6-13-11-9(3)10(12)14-8-15-11/h8H,4-7H2,1-3H3,(H3,12,13,14,15). The second-order valence-corrected chi connectivity index (χ2v) is 3.69. The van der Waals surface area contributed by atoms with Crippen LogP contribution in [0.15, 0.2) is 6.33 Å². The lowest BCUT2D eigenvalue weighted by Crippen LogP contribution is -2.29. The van der Waals surface area contributed by atoms with E-state index >= 15 is 0 Å². The van der Waals surface area contributed by atoms with Crippen LogP contribution in [-0.4, -0.2) is 41.0 Å². The van der Waals surface area contributed by atoms with Crippen LogP contribution in [0.3, 0.4) is 0 Å². The lowest BCUT2D eigenvalue weighted by molar-refractivity contribution is 0.316. The molecule has 0 aliphatic rings. The fourth-order valence-corrected chi connectivity index (χ4v) is 1.51. The van der Waals surface area contributed by atoms with Crippen LogP contribution in [0.2, 0.25) is 0 Å². The molecular weight excluding hydrogens is 202 g/mol. The molecule has 1 rings (SSSR count). The number of anilines is 2. The fraction of sp³-hybridized carbons (Fsp3) is 0.636. The summed E-state index contributed by atoms with van der Waals surface area (Å²) in [5, 5.41) is 3.28. The summed E-state index contributed by atoms with van der Waals surface area (Å²) < 4.78 is 0. The third-order valence-corrected chi connectivity index (χ3v) is 2.74. The second kappa shape index (κ2) is 6.27. The van der Waals surface area contributed by atoms with Crippen molar-refractivity contribution in [3.63, 3.8) is 0 Å². The van der Waals surface area contributed by atoms with Gasteiger partial charge in [0.15, 0.2) is 0 Å². The fourth-order valence-electron chi connectivity index (χ4n) is 1.51. The maximum absolute atomic E-state index is 5.70. The normalized spacial score (nSPS) is 10.8. The van der Waals surface area contributed by atoms with Crippen LogP contribution in [0.4, 0.5) is 11.6 Å². The third-order valence-electron chi connectivity index (χ3n) is 2.74. The molecule has 90 valence electrons. The summed E-state index contributed by atoms with van der Waals surface area (Å²) in [6, 6.07) is 0. The summed E-state index contributed by atoms with van der Waals surface area (Å²) in [5.41, 5.74) is 6.62. The quantitative estimate of drug-likeness (QED) is 0.756. The number of nitrogen functional groups attached to an aromatic ring is 1. The number of nitrogens with one attached hydrogen (secondary N) is 1. The molecule has 1 aromatic rings. The van der Waals surface area contributed by atoms with Crippen LogP contribution in [-0.2, 0) is 0 Å². The number of nitrogens with two attached hydrogens (primary N) is 1. The Morgan fingerprint density at radius 1 is 1.31 bits per heavy atom. The van der Waals surface area contributed by atoms with Crippen molar-refractivity contribution in [2.24, 2.45) is 0 Å². The van der Waals surface area contributed by atoms with Gasteiger partial charge in [-0.25, -0.2) is 9.97 Å². The second-order valence-electron chi connectivity index (χ2n) is 3.69. The van der Waals surface area contributed by atoms with Crippen LogP contribution in [0, 0.1) is 6.92 Å². The molecule has 0 aromatic carbocycles. The molecule has 5 heteroatoms. The molecule has 0 saturated heterocycles. The number of aromatic nitrogens is 2. The zero-order chi connectivity index (χ0) is 12.0. The zero-order valence-corrected chi connectivity index (χ0v) is 10.3. The van der Waals surface area contributed by atoms with E-state index in [0.717, 1.165) is 37.6 Å². The van der Waals surface area contributed by atoms with Crippen LogP contribution in [0.25, 0.3) is 0 Å². The van der Waals surface area contributed by atoms with E-state index in [1.165, 1.54) is 6.33 Å². The van der Waals surface area contributed by atoms with Gasteiger partial charge in [-0.15, -0.1) is 0 Å². The van der Waals surface area contributed by atoms with Gasteiger partial charge in [0.05, 0.1) is 0 Å². The maximum Gasteiger partial charge on any atom is 0.134 e. The number of likely N-dealkylation sites (N-methyl/N-ethyl adjacent to an activating group) is 1. The smallest absolute Gasteiger partial charge is 0.134 e. The van der Waals surface area contributed by atoms with Crippen molar-refractivity contribution >= 4 is 11.6 Å². The molecule has 3 N–H and O–H groups in total. The monoisotopic (exact) mass is 223 g/mol. The Labute approximate surface area is 97.1 Å². The molecule has 0 saturated carbocycles. The van der Waals surface area contributed by atoms with Crippen molar-refractivity contribution < 1.29 is 0 Å². The molecule has 16 heavy (non-hydrogen) atoms. The van der Waals surface area contributed by atoms with E-state index < -0.39 is 0 Å². The third kappa shape index (κ3) is 3.34. The molecule has 0 fully saturated rings. The highest BCUT2D eigenvalue weighted by atomic mass is 15.1. The highest BCUT2D eigenvalue weighted by Gasteiger charge is 2.04. The van der Waals surface area contributed by atoms with E-state index in [4.69, 9.17) is 5.73 Å². The van der Waals surface area contributed by atoms with E-state index in [2.05, 4.69) is 34.0 Å². The summed E-state index contributed by atoms with van der Waals surface area (Å²) in [4.78, 5) is 10.5. The van der Waals surface area contributed by atoms with Crippen LogP contribution in [0.1, 0.15) is 19.4 Å². The van der Waals surface area contributed by atoms with Crippen LogP contribution >= 0.6 is 0 Å². The molecule has 0 spiro atoms. The summed E-state index contributed by atoms with van der Waals surface area (Å²) in [7, 11) is 0. The summed E-state index contributed by atoms with van der Waals surface area (Å²) >= 11 is 0. The van der Waals surface area contributed by atoms with Gasteiger partial charge in [-0.05, 0) is 20.0 Å². The summed E-state index contributed by atoms with van der Waals surface area (Å²) in [6.45, 7) is 10.3. The van der Waals surface area contributed by atoms with Crippen LogP contribution in [0.5, 0.6) is 0 Å². The van der Waals surface area contributed by atoms with Crippen molar-refractivity contribution in [3.8, 4) is 0 Å². The van der Waals surface area contributed by atoms with Crippen LogP contribution < -0.4 is 11.1 Å². The topological polar surface area (TPSA) is 67.1 Å². The van der Waals surface area contributed by atoms with Crippen molar-refractivity contribution in [2.45, 2.75) is 20.8 Å². The molecule has 0 aliphatic heterocycles. The first-order chi connectivity index (χ1) is 7.69. The summed E-state index contributed by atoms with van der Waals surface area (Å²) in [6.07, 6.45) is 1.49. The predicted molar refractivity (Wildman–Crippen MR) is 67.5 cm³/mol. The Kier molecular flexibility index (Phi) is 4.98. The maximum atomic E-state index is 5.70. The molecule has 1 aromatic heterocycles. The molecule has 0 amide bonds. The first-order valence-corrected chi connectivity index (χ1v) is 5.72. The zero-order valence-electron chi connectivity index (χ0n) is 10.3. The molecule has 1 heterocycles. The number of hydrogen-bond acceptors (Lipinski definition) is 5. The number of hydrogen-bond donors (Lipinski definition) is 2. The Bertz CT molecular complexity index is 322. The first-order valence-electron chi connectivity index (χ1n) is 5.72. The van der Waals surface area contributed by atoms with Gasteiger partial charge in [-0.2, -0.15) is 0 Å². The van der Waals surface area contributed by atoms with Crippen molar-refractivity contribution in [2.75, 3.05) is 37.2 Å². The Balaban J connectivity index is 2.46. The van der Waals surface area contributed by atoms with E-state index in [1.54, 1.807) is 0 Å². The average molecular weight is 223 g/mol. The molecule has 5 nitrogen and oxygen atoms in total. The van der Waals surface area contributed by atoms with Gasteiger partial charge in [0.25, 0.3) is 0 Å². The predicted octanol–water partition coefficient (Wildman–Crippen LogP) is 1.12. The van der Waals surface area contributed by atoms with Crippen molar-refractivity contribution in [1.82, 2.24) is 14.9 Å². The lowest BCUT2D eigenvalue weighted by Gasteiger charge is -2.18. The molecule has 0 atom stereocenters. The van der Waals surface area contributed by atoms with Gasteiger partial charge in [0.2, 0.25) is 0 Å². The average Bonchev–Trinajstić information content (AvgIpc) is 2.30. The van der Waals surface area contributed by atoms with E-state index in [1.807, 2.05) is 6.92 Å². The SMILES string of the molecule is CCN(CC)CCNc1ncnc(N)c1C. The largest absolute Gasteiger partial charge is 0.383 e. The van der Waals surface area contributed by atoms with Gasteiger partial charge in [-0.3, -0.25) is 0 Å². The van der Waals surface area contributed by atoms with E-state index in [9.17, 15) is 0 Å². The van der Waals surface area contributed by atoms with Gasteiger partial charge in [-0.1, -0.05) is 13.8 Å². The Hall–Kier alpha value is -1.36. The number of rotatable bonds is 6. The van der Waals surface area contributed by atoms with E-state index in [-0.39, 0.29) is 0 Å². The minimum Gasteiger partial charge on any atom is -0.383 e. The molecular formula is C11H21N5. The first kappa shape index (κ1) is 12.7. The van der Waals surface area contributed by atoms with Crippen molar-refractivity contribution in [3.05, 3.63) is 11.9 Å². The Morgan fingerprint density at radius 3 is 2.62 bits per heavy atom.